The molecule has 2 aromatic carbocycles. The molecule has 0 spiro atoms. The Morgan fingerprint density at radius 3 is 2.50 bits per heavy atom. The van der Waals surface area contributed by atoms with Crippen molar-refractivity contribution in [3.8, 4) is 11.5 Å². The Morgan fingerprint density at radius 1 is 1.11 bits per heavy atom. The summed E-state index contributed by atoms with van der Waals surface area (Å²) in [5.74, 6) is 1.36. The van der Waals surface area contributed by atoms with E-state index in [0.717, 1.165) is 5.75 Å². The molecular formula is C15H13ClO2. The van der Waals surface area contributed by atoms with Gasteiger partial charge in [-0.2, -0.15) is 0 Å². The summed E-state index contributed by atoms with van der Waals surface area (Å²) in [5, 5.41) is 0.460. The number of para-hydroxylation sites is 1. The number of halogens is 1. The second kappa shape index (κ2) is 5.69. The average molecular weight is 261 g/mol. The third-order valence-corrected chi connectivity index (χ3v) is 2.87. The molecule has 3 heteroatoms. The normalized spacial score (nSPS) is 10.1. The van der Waals surface area contributed by atoms with Gasteiger partial charge < -0.3 is 4.74 Å². The second-order valence-electron chi connectivity index (χ2n) is 3.83. The molecule has 0 radical (unpaired) electrons. The van der Waals surface area contributed by atoms with E-state index in [1.165, 1.54) is 0 Å². The third kappa shape index (κ3) is 2.90. The van der Waals surface area contributed by atoms with Crippen molar-refractivity contribution in [3.63, 3.8) is 0 Å². The zero-order chi connectivity index (χ0) is 13.0. The smallest absolute Gasteiger partial charge is 0.164 e. The summed E-state index contributed by atoms with van der Waals surface area (Å²) in [7, 11) is 0. The summed E-state index contributed by atoms with van der Waals surface area (Å²) in [4.78, 5) is 11.7. The van der Waals surface area contributed by atoms with Crippen molar-refractivity contribution in [1.29, 1.82) is 0 Å². The van der Waals surface area contributed by atoms with Gasteiger partial charge in [0.15, 0.2) is 5.78 Å². The number of carbonyl (C=O) groups excluding carboxylic acids is 1. The molecule has 18 heavy (non-hydrogen) atoms. The van der Waals surface area contributed by atoms with Crippen molar-refractivity contribution in [2.45, 2.75) is 13.3 Å². The monoisotopic (exact) mass is 260 g/mol. The van der Waals surface area contributed by atoms with Crippen LogP contribution in [0.3, 0.4) is 0 Å². The van der Waals surface area contributed by atoms with Crippen LogP contribution >= 0.6 is 11.6 Å². The van der Waals surface area contributed by atoms with Gasteiger partial charge in [-0.1, -0.05) is 36.7 Å². The van der Waals surface area contributed by atoms with E-state index in [0.29, 0.717) is 22.8 Å². The van der Waals surface area contributed by atoms with Crippen molar-refractivity contribution in [1.82, 2.24) is 0 Å². The number of carbonyl (C=O) groups is 1. The van der Waals surface area contributed by atoms with Crippen LogP contribution in [0.4, 0.5) is 0 Å². The first-order valence-corrected chi connectivity index (χ1v) is 6.14. The number of rotatable bonds is 4. The molecule has 0 aliphatic carbocycles. The van der Waals surface area contributed by atoms with Crippen molar-refractivity contribution in [3.05, 3.63) is 59.1 Å². The molecule has 92 valence electrons. The molecule has 0 saturated heterocycles. The van der Waals surface area contributed by atoms with E-state index in [4.69, 9.17) is 16.3 Å². The summed E-state index contributed by atoms with van der Waals surface area (Å²) in [6.45, 7) is 1.81. The van der Waals surface area contributed by atoms with Gasteiger partial charge in [0.2, 0.25) is 0 Å². The number of ether oxygens (including phenoxy) is 1. The Morgan fingerprint density at radius 2 is 1.83 bits per heavy atom. The maximum Gasteiger partial charge on any atom is 0.164 e. The van der Waals surface area contributed by atoms with Gasteiger partial charge in [0.05, 0.1) is 5.02 Å². The van der Waals surface area contributed by atoms with Crippen LogP contribution in [-0.4, -0.2) is 5.78 Å². The largest absolute Gasteiger partial charge is 0.457 e. The highest BCUT2D eigenvalue weighted by Gasteiger charge is 2.10. The highest BCUT2D eigenvalue weighted by molar-refractivity contribution is 6.34. The molecule has 0 unspecified atom stereocenters. The maximum absolute atomic E-state index is 11.7. The lowest BCUT2D eigenvalue weighted by Gasteiger charge is -2.08. The number of ketones is 1. The topological polar surface area (TPSA) is 26.3 Å². The summed E-state index contributed by atoms with van der Waals surface area (Å²) in [6.07, 6.45) is 0.425. The van der Waals surface area contributed by atoms with E-state index in [9.17, 15) is 4.79 Å². The highest BCUT2D eigenvalue weighted by atomic mass is 35.5. The molecule has 2 nitrogen and oxygen atoms in total. The van der Waals surface area contributed by atoms with Crippen LogP contribution in [-0.2, 0) is 0 Å². The zero-order valence-electron chi connectivity index (χ0n) is 10.0. The Bertz CT molecular complexity index is 550. The van der Waals surface area contributed by atoms with Gasteiger partial charge in [0.1, 0.15) is 11.5 Å². The van der Waals surface area contributed by atoms with Gasteiger partial charge in [-0.05, 0) is 30.3 Å². The minimum Gasteiger partial charge on any atom is -0.457 e. The predicted molar refractivity (Wildman–Crippen MR) is 72.6 cm³/mol. The van der Waals surface area contributed by atoms with Gasteiger partial charge in [-0.15, -0.1) is 0 Å². The first kappa shape index (κ1) is 12.7. The van der Waals surface area contributed by atoms with Crippen LogP contribution in [0.2, 0.25) is 5.02 Å². The van der Waals surface area contributed by atoms with E-state index in [2.05, 4.69) is 0 Å². The molecule has 0 fully saturated rings. The van der Waals surface area contributed by atoms with E-state index in [1.54, 1.807) is 18.2 Å². The number of hydrogen-bond acceptors (Lipinski definition) is 2. The lowest BCUT2D eigenvalue weighted by Crippen LogP contribution is -1.98. The third-order valence-electron chi connectivity index (χ3n) is 2.54. The van der Waals surface area contributed by atoms with Gasteiger partial charge in [-0.3, -0.25) is 4.79 Å². The van der Waals surface area contributed by atoms with Crippen molar-refractivity contribution >= 4 is 17.4 Å². The lowest BCUT2D eigenvalue weighted by molar-refractivity contribution is 0.0988. The van der Waals surface area contributed by atoms with Gasteiger partial charge in [0, 0.05) is 12.0 Å². The standard InChI is InChI=1S/C15H13ClO2/c1-2-15(17)13-10-12(8-9-14(13)16)18-11-6-4-3-5-7-11/h3-10H,2H2,1H3. The first-order valence-electron chi connectivity index (χ1n) is 5.76. The van der Waals surface area contributed by atoms with Gasteiger partial charge in [-0.25, -0.2) is 0 Å². The molecule has 0 bridgehead atoms. The molecular weight excluding hydrogens is 248 g/mol. The van der Waals surface area contributed by atoms with E-state index in [-0.39, 0.29) is 5.78 Å². The molecule has 0 heterocycles. The van der Waals surface area contributed by atoms with Crippen LogP contribution in [0.1, 0.15) is 23.7 Å². The van der Waals surface area contributed by atoms with E-state index < -0.39 is 0 Å². The van der Waals surface area contributed by atoms with Crippen molar-refractivity contribution in [2.24, 2.45) is 0 Å². The lowest BCUT2D eigenvalue weighted by atomic mass is 10.1. The molecule has 2 rings (SSSR count). The minimum atomic E-state index is 0.0125. The Balaban J connectivity index is 2.27. The van der Waals surface area contributed by atoms with Crippen molar-refractivity contribution in [2.75, 3.05) is 0 Å². The Kier molecular flexibility index (Phi) is 4.00. The molecule has 0 aliphatic heterocycles. The molecule has 0 saturated carbocycles. The Hall–Kier alpha value is -1.80. The number of hydrogen-bond donors (Lipinski definition) is 0. The maximum atomic E-state index is 11.7. The first-order chi connectivity index (χ1) is 8.70. The molecule has 0 atom stereocenters. The molecule has 0 aliphatic rings. The molecule has 0 aromatic heterocycles. The van der Waals surface area contributed by atoms with E-state index >= 15 is 0 Å². The van der Waals surface area contributed by atoms with Crippen LogP contribution < -0.4 is 4.74 Å². The Labute approximate surface area is 111 Å². The summed E-state index contributed by atoms with van der Waals surface area (Å²) in [6, 6.07) is 14.5. The predicted octanol–water partition coefficient (Wildman–Crippen LogP) is 4.73. The van der Waals surface area contributed by atoms with Gasteiger partial charge >= 0.3 is 0 Å². The minimum absolute atomic E-state index is 0.0125. The number of benzene rings is 2. The molecule has 2 aromatic rings. The highest BCUT2D eigenvalue weighted by Crippen LogP contribution is 2.27. The average Bonchev–Trinajstić information content (AvgIpc) is 2.41. The van der Waals surface area contributed by atoms with Crippen LogP contribution in [0.15, 0.2) is 48.5 Å². The number of Topliss-reactive ketones (excluding diaryl/α,β-unsaturated/α-hetero) is 1. The summed E-state index contributed by atoms with van der Waals surface area (Å²) >= 11 is 6.00. The quantitative estimate of drug-likeness (QED) is 0.743. The zero-order valence-corrected chi connectivity index (χ0v) is 10.8. The fourth-order valence-electron chi connectivity index (χ4n) is 1.60. The van der Waals surface area contributed by atoms with Gasteiger partial charge in [0.25, 0.3) is 0 Å². The SMILES string of the molecule is CCC(=O)c1cc(Oc2ccccc2)ccc1Cl. The van der Waals surface area contributed by atoms with Crippen molar-refractivity contribution < 1.29 is 9.53 Å². The van der Waals surface area contributed by atoms with Crippen LogP contribution in [0.25, 0.3) is 0 Å². The molecule has 0 amide bonds. The fourth-order valence-corrected chi connectivity index (χ4v) is 1.82. The fraction of sp³-hybridized carbons (Fsp3) is 0.133. The van der Waals surface area contributed by atoms with E-state index in [1.807, 2.05) is 37.3 Å². The second-order valence-corrected chi connectivity index (χ2v) is 4.24. The summed E-state index contributed by atoms with van der Waals surface area (Å²) < 4.78 is 5.66. The van der Waals surface area contributed by atoms with Crippen LogP contribution in [0, 0.1) is 0 Å². The molecule has 0 N–H and O–H groups in total. The summed E-state index contributed by atoms with van der Waals surface area (Å²) in [5.41, 5.74) is 0.507. The van der Waals surface area contributed by atoms with Crippen LogP contribution in [0.5, 0.6) is 11.5 Å².